The number of hydrogen-bond acceptors (Lipinski definition) is 7. The minimum Gasteiger partial charge on any atom is -0.497 e. The van der Waals surface area contributed by atoms with E-state index in [2.05, 4.69) is 16.0 Å². The molecule has 10 heteroatoms. The zero-order valence-corrected chi connectivity index (χ0v) is 14.2. The molecule has 0 aliphatic carbocycles. The summed E-state index contributed by atoms with van der Waals surface area (Å²) in [5, 5.41) is 14.3. The molecule has 0 aliphatic heterocycles. The Morgan fingerprint density at radius 1 is 1.19 bits per heavy atom. The monoisotopic (exact) mass is 372 g/mol. The van der Waals surface area contributed by atoms with E-state index in [9.17, 15) is 19.7 Å². The van der Waals surface area contributed by atoms with Gasteiger partial charge in [-0.05, 0) is 35.9 Å². The minimum absolute atomic E-state index is 0.0305. The summed E-state index contributed by atoms with van der Waals surface area (Å²) in [4.78, 5) is 38.4. The number of ether oxygens (including phenoxy) is 1. The molecule has 0 saturated heterocycles. The molecule has 0 unspecified atom stereocenters. The second-order valence-corrected chi connectivity index (χ2v) is 5.09. The standard InChI is InChI=1S/C17H16N4O6/c1-26-15-7-5-12(6-8-15)10-18-27-11-16(22)19-20-17(23)13-3-2-4-14(9-13)21(24)25/h2-10H,11H2,1H3,(H,19,22)(H,20,23)/b18-10-. The van der Waals surface area contributed by atoms with Crippen molar-refractivity contribution in [3.63, 3.8) is 0 Å². The number of carbonyl (C=O) groups excluding carboxylic acids is 2. The molecule has 0 radical (unpaired) electrons. The van der Waals surface area contributed by atoms with E-state index in [-0.39, 0.29) is 11.3 Å². The van der Waals surface area contributed by atoms with E-state index in [1.807, 2.05) is 0 Å². The van der Waals surface area contributed by atoms with Crippen LogP contribution in [-0.4, -0.2) is 36.7 Å². The maximum atomic E-state index is 11.9. The van der Waals surface area contributed by atoms with Gasteiger partial charge in [0.2, 0.25) is 0 Å². The Hall–Kier alpha value is -3.95. The summed E-state index contributed by atoms with van der Waals surface area (Å²) in [5.74, 6) is -0.651. The summed E-state index contributed by atoms with van der Waals surface area (Å²) < 4.78 is 5.03. The fraction of sp³-hybridized carbons (Fsp3) is 0.118. The van der Waals surface area contributed by atoms with Crippen molar-refractivity contribution in [1.29, 1.82) is 0 Å². The van der Waals surface area contributed by atoms with E-state index in [1.165, 1.54) is 24.4 Å². The first-order valence-corrected chi connectivity index (χ1v) is 7.62. The maximum absolute atomic E-state index is 11.9. The predicted octanol–water partition coefficient (Wildman–Crippen LogP) is 1.42. The average Bonchev–Trinajstić information content (AvgIpc) is 2.70. The number of non-ortho nitro benzene ring substituents is 1. The molecular formula is C17H16N4O6. The Bertz CT molecular complexity index is 851. The van der Waals surface area contributed by atoms with E-state index in [0.717, 1.165) is 11.6 Å². The molecule has 2 amide bonds. The normalized spacial score (nSPS) is 10.3. The van der Waals surface area contributed by atoms with Crippen LogP contribution in [0.1, 0.15) is 15.9 Å². The van der Waals surface area contributed by atoms with E-state index < -0.39 is 23.3 Å². The molecule has 0 aliphatic rings. The molecule has 2 N–H and O–H groups in total. The molecule has 0 saturated carbocycles. The van der Waals surface area contributed by atoms with E-state index in [1.54, 1.807) is 31.4 Å². The SMILES string of the molecule is COc1ccc(/C=N\OCC(=O)NNC(=O)c2cccc([N+](=O)[O-])c2)cc1. The second kappa shape index (κ2) is 9.51. The van der Waals surface area contributed by atoms with Gasteiger partial charge in [0.05, 0.1) is 18.2 Å². The Balaban J connectivity index is 1.75. The van der Waals surface area contributed by atoms with Crippen molar-refractivity contribution in [3.8, 4) is 5.75 Å². The molecule has 0 aromatic heterocycles. The molecule has 27 heavy (non-hydrogen) atoms. The molecule has 0 heterocycles. The van der Waals surface area contributed by atoms with Crippen LogP contribution in [0, 0.1) is 10.1 Å². The molecule has 2 aromatic rings. The lowest BCUT2D eigenvalue weighted by Gasteiger charge is -2.06. The first-order valence-electron chi connectivity index (χ1n) is 7.62. The van der Waals surface area contributed by atoms with Crippen molar-refractivity contribution >= 4 is 23.7 Å². The minimum atomic E-state index is -0.700. The van der Waals surface area contributed by atoms with Crippen LogP contribution < -0.4 is 15.6 Å². The van der Waals surface area contributed by atoms with Crippen molar-refractivity contribution in [3.05, 3.63) is 69.8 Å². The third kappa shape index (κ3) is 6.12. The predicted molar refractivity (Wildman–Crippen MR) is 95.2 cm³/mol. The summed E-state index contributed by atoms with van der Waals surface area (Å²) in [6.07, 6.45) is 1.41. The number of nitrogens with one attached hydrogen (secondary N) is 2. The van der Waals surface area contributed by atoms with Gasteiger partial charge in [0.15, 0.2) is 6.61 Å². The van der Waals surface area contributed by atoms with E-state index in [4.69, 9.17) is 9.57 Å². The number of nitro benzene ring substituents is 1. The Morgan fingerprint density at radius 2 is 1.93 bits per heavy atom. The Morgan fingerprint density at radius 3 is 2.59 bits per heavy atom. The maximum Gasteiger partial charge on any atom is 0.279 e. The summed E-state index contributed by atoms with van der Waals surface area (Å²) in [5.41, 5.74) is 4.79. The van der Waals surface area contributed by atoms with Gasteiger partial charge in [0.25, 0.3) is 17.5 Å². The number of carbonyl (C=O) groups is 2. The van der Waals surface area contributed by atoms with Crippen LogP contribution in [0.3, 0.4) is 0 Å². The summed E-state index contributed by atoms with van der Waals surface area (Å²) in [7, 11) is 1.56. The number of amides is 2. The van der Waals surface area contributed by atoms with Gasteiger partial charge < -0.3 is 9.57 Å². The molecule has 2 rings (SSSR count). The van der Waals surface area contributed by atoms with Crippen molar-refractivity contribution in [2.24, 2.45) is 5.16 Å². The van der Waals surface area contributed by atoms with Gasteiger partial charge in [0.1, 0.15) is 5.75 Å². The molecule has 0 spiro atoms. The van der Waals surface area contributed by atoms with Crippen LogP contribution in [0.4, 0.5) is 5.69 Å². The summed E-state index contributed by atoms with van der Waals surface area (Å²) in [6, 6.07) is 12.1. The lowest BCUT2D eigenvalue weighted by molar-refractivity contribution is -0.384. The van der Waals surface area contributed by atoms with Gasteiger partial charge in [-0.3, -0.25) is 30.6 Å². The first-order chi connectivity index (χ1) is 13.0. The van der Waals surface area contributed by atoms with E-state index >= 15 is 0 Å². The summed E-state index contributed by atoms with van der Waals surface area (Å²) >= 11 is 0. The van der Waals surface area contributed by atoms with Crippen LogP contribution in [0.25, 0.3) is 0 Å². The van der Waals surface area contributed by atoms with Crippen LogP contribution in [-0.2, 0) is 9.63 Å². The molecular weight excluding hydrogens is 356 g/mol. The Kier molecular flexibility index (Phi) is 6.83. The highest BCUT2D eigenvalue weighted by atomic mass is 16.6. The van der Waals surface area contributed by atoms with Gasteiger partial charge in [-0.25, -0.2) is 0 Å². The summed E-state index contributed by atoms with van der Waals surface area (Å²) in [6.45, 7) is -0.429. The molecule has 0 atom stereocenters. The number of hydrazine groups is 1. The van der Waals surface area contributed by atoms with Crippen LogP contribution in [0.15, 0.2) is 53.7 Å². The number of nitrogens with zero attached hydrogens (tertiary/aromatic N) is 2. The largest absolute Gasteiger partial charge is 0.497 e. The molecule has 0 fully saturated rings. The van der Waals surface area contributed by atoms with Crippen molar-refractivity contribution in [1.82, 2.24) is 10.9 Å². The van der Waals surface area contributed by atoms with Gasteiger partial charge >= 0.3 is 0 Å². The number of hydrogen-bond donors (Lipinski definition) is 2. The second-order valence-electron chi connectivity index (χ2n) is 5.09. The third-order valence-electron chi connectivity index (χ3n) is 3.22. The van der Waals surface area contributed by atoms with Crippen molar-refractivity contribution in [2.45, 2.75) is 0 Å². The Labute approximate surface area is 153 Å². The third-order valence-corrected chi connectivity index (χ3v) is 3.22. The molecule has 10 nitrogen and oxygen atoms in total. The van der Waals surface area contributed by atoms with Gasteiger partial charge in [-0.2, -0.15) is 0 Å². The topological polar surface area (TPSA) is 132 Å². The van der Waals surface area contributed by atoms with Gasteiger partial charge in [-0.1, -0.05) is 11.2 Å². The lowest BCUT2D eigenvalue weighted by Crippen LogP contribution is -2.43. The van der Waals surface area contributed by atoms with Crippen LogP contribution >= 0.6 is 0 Å². The number of methoxy groups -OCH3 is 1. The molecule has 2 aromatic carbocycles. The van der Waals surface area contributed by atoms with E-state index in [0.29, 0.717) is 5.75 Å². The molecule has 140 valence electrons. The first kappa shape index (κ1) is 19.4. The number of benzene rings is 2. The molecule has 0 bridgehead atoms. The average molecular weight is 372 g/mol. The fourth-order valence-electron chi connectivity index (χ4n) is 1.88. The lowest BCUT2D eigenvalue weighted by atomic mass is 10.2. The highest BCUT2D eigenvalue weighted by Gasteiger charge is 2.12. The quantitative estimate of drug-likeness (QED) is 0.429. The number of rotatable bonds is 7. The zero-order chi connectivity index (χ0) is 19.6. The highest BCUT2D eigenvalue weighted by Crippen LogP contribution is 2.12. The zero-order valence-electron chi connectivity index (χ0n) is 14.2. The highest BCUT2D eigenvalue weighted by molar-refractivity contribution is 5.96. The number of nitro groups is 1. The smallest absolute Gasteiger partial charge is 0.279 e. The van der Waals surface area contributed by atoms with Gasteiger partial charge in [-0.15, -0.1) is 0 Å². The van der Waals surface area contributed by atoms with Gasteiger partial charge in [0, 0.05) is 17.7 Å². The number of oxime groups is 1. The van der Waals surface area contributed by atoms with Crippen LogP contribution in [0.2, 0.25) is 0 Å². The van der Waals surface area contributed by atoms with Crippen LogP contribution in [0.5, 0.6) is 5.75 Å². The van der Waals surface area contributed by atoms with Crippen molar-refractivity contribution in [2.75, 3.05) is 13.7 Å². The van der Waals surface area contributed by atoms with Crippen molar-refractivity contribution < 1.29 is 24.1 Å². The fourth-order valence-corrected chi connectivity index (χ4v) is 1.88.